The predicted molar refractivity (Wildman–Crippen MR) is 246 cm³/mol. The van der Waals surface area contributed by atoms with Gasteiger partial charge in [0.2, 0.25) is 0 Å². The molecule has 2 N–H and O–H groups in total. The van der Waals surface area contributed by atoms with Gasteiger partial charge < -0.3 is 38.8 Å². The number of amides is 1. The molecule has 0 aliphatic carbocycles. The van der Waals surface area contributed by atoms with Crippen molar-refractivity contribution < 1.29 is 46.4 Å². The number of halogens is 5. The number of anilines is 3. The number of nitrogens with one attached hydrogen (secondary N) is 1. The van der Waals surface area contributed by atoms with Gasteiger partial charge >= 0.3 is 18.3 Å². The third kappa shape index (κ3) is 9.91. The van der Waals surface area contributed by atoms with Crippen LogP contribution < -0.4 is 34.1 Å². The van der Waals surface area contributed by atoms with Gasteiger partial charge in [-0.2, -0.15) is 23.1 Å². The summed E-state index contributed by atoms with van der Waals surface area (Å²) in [4.78, 5) is 35.8. The average Bonchev–Trinajstić information content (AvgIpc) is 3.61. The molecule has 8 rings (SSSR count). The van der Waals surface area contributed by atoms with Gasteiger partial charge in [-0.05, 0) is 99.8 Å². The number of hydrogen-bond donors (Lipinski definition) is 2. The number of benzene rings is 3. The number of carbonyl (C=O) groups is 1. The topological polar surface area (TPSA) is 148 Å². The van der Waals surface area contributed by atoms with E-state index in [-0.39, 0.29) is 79.1 Å². The number of pyridine rings is 2. The molecule has 0 bridgehead atoms. The maximum absolute atomic E-state index is 18.0. The van der Waals surface area contributed by atoms with E-state index in [0.717, 1.165) is 30.5 Å². The van der Waals surface area contributed by atoms with Crippen molar-refractivity contribution in [2.75, 3.05) is 62.7 Å². The van der Waals surface area contributed by atoms with Gasteiger partial charge in [-0.3, -0.25) is 5.32 Å². The smallest absolute Gasteiger partial charge is 0.418 e. The first-order chi connectivity index (χ1) is 32.1. The summed E-state index contributed by atoms with van der Waals surface area (Å²) in [6, 6.07) is 18.5. The second-order valence-corrected chi connectivity index (χ2v) is 16.8. The molecular weight excluding hydrogens is 896 g/mol. The zero-order valence-corrected chi connectivity index (χ0v) is 38.2. The largest absolute Gasteiger partial charge is 0.497 e. The highest BCUT2D eigenvalue weighted by atomic mass is 35.5. The number of likely N-dealkylation sites (tertiary alicyclic amines) is 1. The number of aromatic nitrogens is 4. The lowest BCUT2D eigenvalue weighted by molar-refractivity contribution is -0.137. The van der Waals surface area contributed by atoms with Crippen LogP contribution in [0.15, 0.2) is 72.9 Å². The van der Waals surface area contributed by atoms with Crippen molar-refractivity contribution in [2.45, 2.75) is 64.5 Å². The minimum absolute atomic E-state index is 0.0165. The standard InChI is InChI=1S/C48H49ClF4N8O6/c1-27-24-35(60(25-29-10-14-32(64-4)15-11-29)26-30-12-16-33(65-5)17-13-30)55-41(38(27)48(51,52)53)36-39(49)43-37-42(40(36)50)56-46(67-22-18-31-8-7-20-59(31)3)58-45(37)61(21-23-66-43)28(2)34-9-6-19-54-44(34)57-47(62)63/h6,9-17,19,24,28,31H,7-8,18,20-23,25-26H2,1-5H3,(H,54,57)(H,62,63)/t28-,31?/m1/s1. The summed E-state index contributed by atoms with van der Waals surface area (Å²) in [5, 5.41) is 11.5. The summed E-state index contributed by atoms with van der Waals surface area (Å²) in [6.45, 7) is 4.56. The van der Waals surface area contributed by atoms with Crippen molar-refractivity contribution in [1.82, 2.24) is 24.8 Å². The molecule has 3 aromatic heterocycles. The summed E-state index contributed by atoms with van der Waals surface area (Å²) in [5.74, 6) is 0.164. The van der Waals surface area contributed by atoms with Crippen LogP contribution in [0.25, 0.3) is 22.2 Å². The van der Waals surface area contributed by atoms with Crippen LogP contribution in [0.3, 0.4) is 0 Å². The second kappa shape index (κ2) is 19.7. The van der Waals surface area contributed by atoms with Gasteiger partial charge in [0.25, 0.3) is 0 Å². The van der Waals surface area contributed by atoms with Gasteiger partial charge in [0, 0.05) is 30.9 Å². The third-order valence-electron chi connectivity index (χ3n) is 12.2. The monoisotopic (exact) mass is 944 g/mol. The van der Waals surface area contributed by atoms with Crippen LogP contribution in [0.2, 0.25) is 5.02 Å². The second-order valence-electron chi connectivity index (χ2n) is 16.5. The van der Waals surface area contributed by atoms with E-state index in [4.69, 9.17) is 35.5 Å². The Bertz CT molecular complexity index is 2720. The van der Waals surface area contributed by atoms with Gasteiger partial charge in [0.1, 0.15) is 41.1 Å². The number of ether oxygens (including phenoxy) is 4. The fourth-order valence-electron chi connectivity index (χ4n) is 8.82. The highest BCUT2D eigenvalue weighted by Crippen LogP contribution is 2.51. The van der Waals surface area contributed by atoms with E-state index in [1.807, 2.05) is 31.3 Å². The molecule has 2 aliphatic heterocycles. The van der Waals surface area contributed by atoms with Crippen molar-refractivity contribution in [3.8, 4) is 34.5 Å². The molecule has 0 spiro atoms. The Balaban J connectivity index is 1.32. The molecule has 1 saturated heterocycles. The van der Waals surface area contributed by atoms with Crippen molar-refractivity contribution in [3.63, 3.8) is 0 Å². The Hall–Kier alpha value is -6.66. The number of nitrogens with zero attached hydrogens (tertiary/aromatic N) is 7. The quantitative estimate of drug-likeness (QED) is 0.0942. The molecule has 14 nitrogen and oxygen atoms in total. The Labute approximate surface area is 389 Å². The molecule has 3 aromatic carbocycles. The van der Waals surface area contributed by atoms with E-state index in [2.05, 4.69) is 25.2 Å². The van der Waals surface area contributed by atoms with E-state index in [1.54, 1.807) is 67.3 Å². The maximum Gasteiger partial charge on any atom is 0.418 e. The first-order valence-electron chi connectivity index (χ1n) is 21.6. The summed E-state index contributed by atoms with van der Waals surface area (Å²) >= 11 is 7.16. The number of hydrogen-bond acceptors (Lipinski definition) is 12. The molecule has 0 saturated carbocycles. The molecule has 5 heterocycles. The van der Waals surface area contributed by atoms with Crippen LogP contribution in [-0.4, -0.2) is 89.6 Å². The van der Waals surface area contributed by atoms with Gasteiger partial charge in [-0.15, -0.1) is 0 Å². The number of methoxy groups -OCH3 is 2. The minimum Gasteiger partial charge on any atom is -0.497 e. The zero-order chi connectivity index (χ0) is 47.6. The van der Waals surface area contributed by atoms with E-state index in [1.165, 1.54) is 19.2 Å². The molecule has 0 radical (unpaired) electrons. The van der Waals surface area contributed by atoms with Crippen LogP contribution in [0.4, 0.5) is 39.8 Å². The summed E-state index contributed by atoms with van der Waals surface area (Å²) in [6.07, 6.45) is -2.30. The van der Waals surface area contributed by atoms with E-state index in [0.29, 0.717) is 23.5 Å². The molecular formula is C48H49ClF4N8O6. The Morgan fingerprint density at radius 2 is 1.69 bits per heavy atom. The molecule has 1 fully saturated rings. The van der Waals surface area contributed by atoms with Crippen LogP contribution in [0.1, 0.15) is 60.0 Å². The fourth-order valence-corrected chi connectivity index (χ4v) is 9.14. The molecule has 2 atom stereocenters. The highest BCUT2D eigenvalue weighted by molar-refractivity contribution is 6.36. The molecule has 1 unspecified atom stereocenters. The number of rotatable bonds is 15. The van der Waals surface area contributed by atoms with Crippen molar-refractivity contribution in [2.24, 2.45) is 0 Å². The van der Waals surface area contributed by atoms with Gasteiger partial charge in [-0.25, -0.2) is 19.2 Å². The van der Waals surface area contributed by atoms with Crippen LogP contribution >= 0.6 is 11.6 Å². The van der Waals surface area contributed by atoms with E-state index in [9.17, 15) is 9.90 Å². The van der Waals surface area contributed by atoms with Crippen molar-refractivity contribution in [1.29, 1.82) is 0 Å². The minimum atomic E-state index is -5.02. The first-order valence-corrected chi connectivity index (χ1v) is 22.0. The average molecular weight is 945 g/mol. The normalized spacial score (nSPS) is 15.5. The number of carboxylic acid groups (broad SMARTS) is 1. The fraction of sp³-hybridized carbons (Fsp3) is 0.354. The summed E-state index contributed by atoms with van der Waals surface area (Å²) in [7, 11) is 5.13. The zero-order valence-electron chi connectivity index (χ0n) is 37.5. The SMILES string of the molecule is COc1ccc(CN(Cc2ccc(OC)cc2)c2cc(C)c(C(F)(F)F)c(-c3c(Cl)c4c5c(nc(OCCC6CCCN6C)nc5c3F)N([C@H](C)c3cccnc3NC(=O)O)CCO4)n2)cc1. The van der Waals surface area contributed by atoms with E-state index >= 15 is 17.6 Å². The highest BCUT2D eigenvalue weighted by Gasteiger charge is 2.41. The summed E-state index contributed by atoms with van der Waals surface area (Å²) < 4.78 is 87.5. The van der Waals surface area contributed by atoms with Gasteiger partial charge in [-0.1, -0.05) is 41.9 Å². The molecule has 67 heavy (non-hydrogen) atoms. The van der Waals surface area contributed by atoms with Gasteiger partial charge in [0.05, 0.1) is 60.6 Å². The molecule has 19 heteroatoms. The first kappa shape index (κ1) is 46.9. The predicted octanol–water partition coefficient (Wildman–Crippen LogP) is 10.3. The van der Waals surface area contributed by atoms with Gasteiger partial charge in [0.15, 0.2) is 11.6 Å². The molecule has 6 aromatic rings. The Morgan fingerprint density at radius 1 is 1.01 bits per heavy atom. The Kier molecular flexibility index (Phi) is 13.8. The molecule has 352 valence electrons. The number of aryl methyl sites for hydroxylation is 1. The molecule has 2 aliphatic rings. The van der Waals surface area contributed by atoms with E-state index < -0.39 is 51.5 Å². The maximum atomic E-state index is 18.0. The lowest BCUT2D eigenvalue weighted by atomic mass is 9.98. The lowest BCUT2D eigenvalue weighted by Gasteiger charge is -2.30. The van der Waals surface area contributed by atoms with Crippen LogP contribution in [0.5, 0.6) is 23.3 Å². The number of alkyl halides is 3. The van der Waals surface area contributed by atoms with Crippen LogP contribution in [0, 0.1) is 12.7 Å². The molecule has 1 amide bonds. The van der Waals surface area contributed by atoms with Crippen molar-refractivity contribution in [3.05, 3.63) is 112 Å². The van der Waals surface area contributed by atoms with Crippen LogP contribution in [-0.2, 0) is 19.3 Å². The third-order valence-corrected chi connectivity index (χ3v) is 12.6. The summed E-state index contributed by atoms with van der Waals surface area (Å²) in [5.41, 5.74) is -1.21. The van der Waals surface area contributed by atoms with Crippen molar-refractivity contribution >= 4 is 46.1 Å². The Morgan fingerprint density at radius 3 is 2.28 bits per heavy atom. The lowest BCUT2D eigenvalue weighted by Crippen LogP contribution is -2.32.